The maximum Gasteiger partial charge on any atom is 0.217 e. The number of nitrogens with one attached hydrogen (secondary N) is 1. The molecule has 0 saturated carbocycles. The number of amides is 1. The highest BCUT2D eigenvalue weighted by molar-refractivity contribution is 7.99. The fraction of sp³-hybridized carbons (Fsp3) is 0.550. The third-order valence-electron chi connectivity index (χ3n) is 4.10. The van der Waals surface area contributed by atoms with Gasteiger partial charge in [0.2, 0.25) is 5.91 Å². The molecule has 27 heavy (non-hydrogen) atoms. The molecule has 0 aliphatic carbocycles. The van der Waals surface area contributed by atoms with Gasteiger partial charge in [-0.25, -0.2) is 0 Å². The SMILES string of the molecule is CCCCCCC(=O)CC(SCC(NC(C)=O)C(=O)[O-])c1ccccc1Cl. The molecule has 0 fully saturated rings. The highest BCUT2D eigenvalue weighted by Gasteiger charge is 2.21. The third kappa shape index (κ3) is 9.29. The van der Waals surface area contributed by atoms with E-state index in [9.17, 15) is 19.5 Å². The normalized spacial score (nSPS) is 13.0. The number of aliphatic carboxylic acids is 1. The molecule has 0 heterocycles. The Labute approximate surface area is 170 Å². The molecule has 7 heteroatoms. The second kappa shape index (κ2) is 12.8. The standard InChI is InChI=1S/C20H28ClNO4S/c1-3-4-5-6-9-15(24)12-19(16-10-7-8-11-17(16)21)27-13-18(20(25)26)22-14(2)23/h7-8,10-11,18-19H,3-6,9,12-13H2,1-2H3,(H,22,23)(H,25,26)/p-1. The highest BCUT2D eigenvalue weighted by Crippen LogP contribution is 2.37. The third-order valence-corrected chi connectivity index (χ3v) is 5.79. The van der Waals surface area contributed by atoms with Crippen molar-refractivity contribution in [2.24, 2.45) is 0 Å². The fourth-order valence-corrected chi connectivity index (χ4v) is 4.34. The minimum absolute atomic E-state index is 0.0981. The summed E-state index contributed by atoms with van der Waals surface area (Å²) < 4.78 is 0. The predicted molar refractivity (Wildman–Crippen MR) is 108 cm³/mol. The lowest BCUT2D eigenvalue weighted by atomic mass is 10.0. The van der Waals surface area contributed by atoms with E-state index in [0.29, 0.717) is 11.4 Å². The van der Waals surface area contributed by atoms with Gasteiger partial charge >= 0.3 is 0 Å². The molecule has 5 nitrogen and oxygen atoms in total. The van der Waals surface area contributed by atoms with E-state index in [1.54, 1.807) is 12.1 Å². The number of Topliss-reactive ketones (excluding diaryl/α,β-unsaturated/α-hetero) is 1. The summed E-state index contributed by atoms with van der Waals surface area (Å²) in [6.45, 7) is 3.38. The number of carbonyl (C=O) groups is 3. The number of rotatable bonds is 13. The van der Waals surface area contributed by atoms with Crippen LogP contribution in [0.25, 0.3) is 0 Å². The monoisotopic (exact) mass is 412 g/mol. The van der Waals surface area contributed by atoms with Crippen LogP contribution in [-0.2, 0) is 14.4 Å². The van der Waals surface area contributed by atoms with Crippen molar-refractivity contribution in [2.75, 3.05) is 5.75 Å². The van der Waals surface area contributed by atoms with Crippen molar-refractivity contribution in [3.63, 3.8) is 0 Å². The van der Waals surface area contributed by atoms with Crippen molar-refractivity contribution in [2.45, 2.75) is 63.7 Å². The fourth-order valence-electron chi connectivity index (χ4n) is 2.68. The van der Waals surface area contributed by atoms with E-state index in [2.05, 4.69) is 12.2 Å². The molecule has 0 bridgehead atoms. The second-order valence-corrected chi connectivity index (χ2v) is 8.11. The van der Waals surface area contributed by atoms with Crippen molar-refractivity contribution in [1.29, 1.82) is 0 Å². The topological polar surface area (TPSA) is 86.3 Å². The Morgan fingerprint density at radius 3 is 2.48 bits per heavy atom. The quantitative estimate of drug-likeness (QED) is 0.502. The number of ketones is 1. The smallest absolute Gasteiger partial charge is 0.217 e. The number of hydrogen-bond acceptors (Lipinski definition) is 5. The number of thioether (sulfide) groups is 1. The van der Waals surface area contributed by atoms with Gasteiger partial charge in [0.05, 0.1) is 12.0 Å². The average Bonchev–Trinajstić information content (AvgIpc) is 2.61. The number of carbonyl (C=O) groups excluding carboxylic acids is 3. The largest absolute Gasteiger partial charge is 0.548 e. The number of hydrogen-bond donors (Lipinski definition) is 1. The zero-order valence-corrected chi connectivity index (χ0v) is 17.4. The second-order valence-electron chi connectivity index (χ2n) is 6.47. The van der Waals surface area contributed by atoms with E-state index < -0.39 is 17.9 Å². The summed E-state index contributed by atoms with van der Waals surface area (Å²) in [5.41, 5.74) is 0.797. The summed E-state index contributed by atoms with van der Waals surface area (Å²) in [5.74, 6) is -1.55. The Hall–Kier alpha value is -1.53. The van der Waals surface area contributed by atoms with Crippen LogP contribution in [0.3, 0.4) is 0 Å². The van der Waals surface area contributed by atoms with Crippen LogP contribution in [0.5, 0.6) is 0 Å². The van der Waals surface area contributed by atoms with Gasteiger partial charge < -0.3 is 15.2 Å². The van der Waals surface area contributed by atoms with Crippen LogP contribution in [0.15, 0.2) is 24.3 Å². The lowest BCUT2D eigenvalue weighted by Crippen LogP contribution is -2.48. The van der Waals surface area contributed by atoms with E-state index in [4.69, 9.17) is 11.6 Å². The van der Waals surface area contributed by atoms with E-state index in [1.807, 2.05) is 12.1 Å². The van der Waals surface area contributed by atoms with Crippen LogP contribution in [-0.4, -0.2) is 29.5 Å². The van der Waals surface area contributed by atoms with Gasteiger partial charge in [-0.05, 0) is 18.1 Å². The molecule has 2 atom stereocenters. The van der Waals surface area contributed by atoms with Gasteiger partial charge in [-0.1, -0.05) is 56.0 Å². The zero-order valence-electron chi connectivity index (χ0n) is 15.8. The average molecular weight is 413 g/mol. The lowest BCUT2D eigenvalue weighted by molar-refractivity contribution is -0.307. The molecule has 1 aromatic carbocycles. The lowest BCUT2D eigenvalue weighted by Gasteiger charge is -2.23. The van der Waals surface area contributed by atoms with Crippen LogP contribution in [0.4, 0.5) is 0 Å². The number of benzene rings is 1. The van der Waals surface area contributed by atoms with Crippen molar-refractivity contribution in [3.8, 4) is 0 Å². The molecule has 1 amide bonds. The molecule has 0 saturated heterocycles. The summed E-state index contributed by atoms with van der Waals surface area (Å²) in [5, 5.41) is 13.9. The van der Waals surface area contributed by atoms with E-state index >= 15 is 0 Å². The molecule has 0 spiro atoms. The van der Waals surface area contributed by atoms with Crippen LogP contribution in [0.2, 0.25) is 5.02 Å². The van der Waals surface area contributed by atoms with E-state index in [-0.39, 0.29) is 23.2 Å². The van der Waals surface area contributed by atoms with Crippen molar-refractivity contribution in [3.05, 3.63) is 34.9 Å². The van der Waals surface area contributed by atoms with Gasteiger partial charge in [-0.3, -0.25) is 9.59 Å². The van der Waals surface area contributed by atoms with Gasteiger partial charge in [0.1, 0.15) is 5.78 Å². The molecule has 2 unspecified atom stereocenters. The molecule has 0 aromatic heterocycles. The highest BCUT2D eigenvalue weighted by atomic mass is 35.5. The summed E-state index contributed by atoms with van der Waals surface area (Å²) in [6, 6.07) is 6.13. The molecule has 1 aromatic rings. The number of halogens is 1. The zero-order chi connectivity index (χ0) is 20.2. The van der Waals surface area contributed by atoms with Crippen molar-refractivity contribution in [1.82, 2.24) is 5.32 Å². The van der Waals surface area contributed by atoms with Gasteiger partial charge in [0.15, 0.2) is 0 Å². The first-order valence-corrected chi connectivity index (χ1v) is 10.6. The van der Waals surface area contributed by atoms with Crippen molar-refractivity contribution < 1.29 is 19.5 Å². The maximum absolute atomic E-state index is 12.4. The molecule has 0 aliphatic rings. The van der Waals surface area contributed by atoms with Crippen LogP contribution < -0.4 is 10.4 Å². The molecule has 0 radical (unpaired) electrons. The maximum atomic E-state index is 12.4. The summed E-state index contributed by atoms with van der Waals surface area (Å²) in [7, 11) is 0. The summed E-state index contributed by atoms with van der Waals surface area (Å²) >= 11 is 7.59. The number of carboxylic acids is 1. The van der Waals surface area contributed by atoms with E-state index in [0.717, 1.165) is 31.2 Å². The molecule has 0 aliphatic heterocycles. The van der Waals surface area contributed by atoms with Crippen LogP contribution in [0, 0.1) is 0 Å². The minimum Gasteiger partial charge on any atom is -0.548 e. The predicted octanol–water partition coefficient (Wildman–Crippen LogP) is 3.30. The Morgan fingerprint density at radius 2 is 1.89 bits per heavy atom. The van der Waals surface area contributed by atoms with Crippen LogP contribution in [0.1, 0.15) is 63.2 Å². The molecular weight excluding hydrogens is 386 g/mol. The Balaban J connectivity index is 2.79. The first kappa shape index (κ1) is 23.5. The summed E-state index contributed by atoms with van der Waals surface area (Å²) in [6.07, 6.45) is 4.90. The van der Waals surface area contributed by atoms with Gasteiger partial charge in [0.25, 0.3) is 0 Å². The first-order chi connectivity index (χ1) is 12.8. The molecule has 1 N–H and O–H groups in total. The number of unbranched alkanes of at least 4 members (excludes halogenated alkanes) is 3. The molecule has 150 valence electrons. The first-order valence-electron chi connectivity index (χ1n) is 9.20. The van der Waals surface area contributed by atoms with Gasteiger partial charge in [0, 0.05) is 35.8 Å². The van der Waals surface area contributed by atoms with Gasteiger partial charge in [-0.15, -0.1) is 0 Å². The Morgan fingerprint density at radius 1 is 1.19 bits per heavy atom. The molecular formula is C20H27ClNO4S-. The summed E-state index contributed by atoms with van der Waals surface area (Å²) in [4.78, 5) is 34.8. The molecule has 1 rings (SSSR count). The Kier molecular flexibility index (Phi) is 11.1. The van der Waals surface area contributed by atoms with Crippen molar-refractivity contribution >= 4 is 41.0 Å². The minimum atomic E-state index is -1.35. The number of carboxylic acid groups (broad SMARTS) is 1. The van der Waals surface area contributed by atoms with Gasteiger partial charge in [-0.2, -0.15) is 11.8 Å². The van der Waals surface area contributed by atoms with E-state index in [1.165, 1.54) is 18.7 Å². The van der Waals surface area contributed by atoms with Crippen LogP contribution >= 0.6 is 23.4 Å². The Bertz CT molecular complexity index is 638.